The van der Waals surface area contributed by atoms with Crippen LogP contribution in [0.5, 0.6) is 5.75 Å². The Balaban J connectivity index is 1.55. The minimum atomic E-state index is 0.501. The highest BCUT2D eigenvalue weighted by molar-refractivity contribution is 9.10. The lowest BCUT2D eigenvalue weighted by molar-refractivity contribution is 0.280. The number of nitrogens with zero attached hydrogens (tertiary/aromatic N) is 4. The number of halogens is 1. The van der Waals surface area contributed by atoms with Crippen molar-refractivity contribution in [3.8, 4) is 17.1 Å². The fourth-order valence-electron chi connectivity index (χ4n) is 1.62. The zero-order valence-electron chi connectivity index (χ0n) is 10.4. The maximum Gasteiger partial charge on any atom is 0.205 e. The van der Waals surface area contributed by atoms with Crippen LogP contribution in [0.4, 0.5) is 0 Å². The zero-order valence-corrected chi connectivity index (χ0v) is 12.8. The fraction of sp³-hybridized carbons (Fsp3) is 0.154. The first kappa shape index (κ1) is 13.3. The molecule has 0 aliphatic carbocycles. The maximum absolute atomic E-state index is 5.62. The van der Waals surface area contributed by atoms with E-state index in [9.17, 15) is 0 Å². The molecule has 2 aromatic heterocycles. The normalized spacial score (nSPS) is 10.7. The summed E-state index contributed by atoms with van der Waals surface area (Å²) in [6.07, 6.45) is 0. The largest absolute Gasteiger partial charge is 0.492 e. The lowest BCUT2D eigenvalue weighted by Crippen LogP contribution is -2.11. The predicted octanol–water partition coefficient (Wildman–Crippen LogP) is 3.24. The van der Waals surface area contributed by atoms with Gasteiger partial charge >= 0.3 is 0 Å². The van der Waals surface area contributed by atoms with Crippen molar-refractivity contribution in [1.29, 1.82) is 0 Å². The van der Waals surface area contributed by atoms with E-state index in [1.807, 2.05) is 41.1 Å². The van der Waals surface area contributed by atoms with Crippen LogP contribution in [0.2, 0.25) is 0 Å². The van der Waals surface area contributed by atoms with Gasteiger partial charge in [-0.1, -0.05) is 15.9 Å². The van der Waals surface area contributed by atoms with Crippen LogP contribution in [0.3, 0.4) is 0 Å². The number of hydrogen-bond donors (Lipinski definition) is 0. The first-order valence-electron chi connectivity index (χ1n) is 6.00. The van der Waals surface area contributed by atoms with Crippen LogP contribution in [-0.2, 0) is 6.54 Å². The van der Waals surface area contributed by atoms with Crippen molar-refractivity contribution in [2.45, 2.75) is 6.54 Å². The van der Waals surface area contributed by atoms with Gasteiger partial charge in [0.2, 0.25) is 5.82 Å². The van der Waals surface area contributed by atoms with Crippen molar-refractivity contribution in [3.05, 3.63) is 45.6 Å². The van der Waals surface area contributed by atoms with Gasteiger partial charge in [-0.3, -0.25) is 0 Å². The van der Waals surface area contributed by atoms with Gasteiger partial charge in [0.25, 0.3) is 0 Å². The Morgan fingerprint density at radius 3 is 2.80 bits per heavy atom. The zero-order chi connectivity index (χ0) is 13.8. The summed E-state index contributed by atoms with van der Waals surface area (Å²) in [6.45, 7) is 1.06. The van der Waals surface area contributed by atoms with E-state index < -0.39 is 0 Å². The summed E-state index contributed by atoms with van der Waals surface area (Å²) in [5, 5.41) is 16.3. The van der Waals surface area contributed by atoms with Gasteiger partial charge in [-0.25, -0.2) is 0 Å². The smallest absolute Gasteiger partial charge is 0.205 e. The summed E-state index contributed by atoms with van der Waals surface area (Å²) >= 11 is 5.00. The van der Waals surface area contributed by atoms with E-state index in [1.165, 1.54) is 0 Å². The van der Waals surface area contributed by atoms with Gasteiger partial charge in [0, 0.05) is 15.4 Å². The van der Waals surface area contributed by atoms with Gasteiger partial charge < -0.3 is 4.74 Å². The Labute approximate surface area is 128 Å². The van der Waals surface area contributed by atoms with Gasteiger partial charge in [0.15, 0.2) is 0 Å². The van der Waals surface area contributed by atoms with Crippen LogP contribution in [0.25, 0.3) is 11.4 Å². The predicted molar refractivity (Wildman–Crippen MR) is 80.8 cm³/mol. The van der Waals surface area contributed by atoms with Crippen LogP contribution >= 0.6 is 27.3 Å². The molecule has 0 atom stereocenters. The molecule has 3 rings (SSSR count). The van der Waals surface area contributed by atoms with E-state index in [1.54, 1.807) is 16.1 Å². The van der Waals surface area contributed by atoms with Gasteiger partial charge in [-0.15, -0.1) is 10.2 Å². The molecule has 0 bridgehead atoms. The molecule has 0 unspecified atom stereocenters. The number of aromatic nitrogens is 4. The second kappa shape index (κ2) is 6.15. The summed E-state index contributed by atoms with van der Waals surface area (Å²) < 4.78 is 6.65. The Bertz CT molecular complexity index is 666. The number of benzene rings is 1. The van der Waals surface area contributed by atoms with Crippen LogP contribution < -0.4 is 4.74 Å². The first-order valence-corrected chi connectivity index (χ1v) is 7.73. The molecular weight excluding hydrogens is 340 g/mol. The molecule has 3 aromatic rings. The van der Waals surface area contributed by atoms with Crippen molar-refractivity contribution < 1.29 is 4.74 Å². The van der Waals surface area contributed by atoms with E-state index in [2.05, 4.69) is 31.3 Å². The average molecular weight is 351 g/mol. The van der Waals surface area contributed by atoms with Crippen LogP contribution in [0.15, 0.2) is 45.6 Å². The summed E-state index contributed by atoms with van der Waals surface area (Å²) in [4.78, 5) is 1.55. The molecule has 20 heavy (non-hydrogen) atoms. The van der Waals surface area contributed by atoms with Crippen molar-refractivity contribution in [3.63, 3.8) is 0 Å². The summed E-state index contributed by atoms with van der Waals surface area (Å²) in [6, 6.07) is 9.69. The van der Waals surface area contributed by atoms with Gasteiger partial charge in [-0.2, -0.15) is 16.1 Å². The third-order valence-corrected chi connectivity index (χ3v) is 3.82. The van der Waals surface area contributed by atoms with E-state index >= 15 is 0 Å². The Morgan fingerprint density at radius 2 is 2.05 bits per heavy atom. The second-order valence-corrected chi connectivity index (χ2v) is 5.72. The Kier molecular flexibility index (Phi) is 4.08. The molecule has 102 valence electrons. The van der Waals surface area contributed by atoms with Gasteiger partial charge in [0.05, 0.1) is 6.54 Å². The Hall–Kier alpha value is -1.73. The van der Waals surface area contributed by atoms with Crippen molar-refractivity contribution in [2.75, 3.05) is 6.61 Å². The number of hydrogen-bond acceptors (Lipinski definition) is 5. The molecule has 0 N–H and O–H groups in total. The minimum absolute atomic E-state index is 0.501. The third-order valence-electron chi connectivity index (χ3n) is 2.61. The molecule has 0 saturated carbocycles. The van der Waals surface area contributed by atoms with Crippen molar-refractivity contribution in [2.24, 2.45) is 0 Å². The topological polar surface area (TPSA) is 52.8 Å². The van der Waals surface area contributed by atoms with E-state index in [4.69, 9.17) is 4.74 Å². The third kappa shape index (κ3) is 3.23. The van der Waals surface area contributed by atoms with Gasteiger partial charge in [-0.05, 0) is 40.9 Å². The lowest BCUT2D eigenvalue weighted by atomic mass is 10.3. The maximum atomic E-state index is 5.62. The number of tetrazole rings is 1. The number of thiophene rings is 1. The Morgan fingerprint density at radius 1 is 1.20 bits per heavy atom. The van der Waals surface area contributed by atoms with Crippen molar-refractivity contribution in [1.82, 2.24) is 20.2 Å². The van der Waals surface area contributed by atoms with Crippen LogP contribution in [0, 0.1) is 0 Å². The molecule has 0 fully saturated rings. The molecule has 2 heterocycles. The molecule has 0 amide bonds. The molecule has 1 aromatic carbocycles. The molecular formula is C13H11BrN4OS. The van der Waals surface area contributed by atoms with E-state index in [0.717, 1.165) is 15.8 Å². The molecule has 0 aliphatic heterocycles. The number of rotatable bonds is 5. The summed E-state index contributed by atoms with van der Waals surface area (Å²) in [5.41, 5.74) is 0.995. The SMILES string of the molecule is Brc1ccc(OCCn2nnc(-c3ccsc3)n2)cc1. The van der Waals surface area contributed by atoms with Gasteiger partial charge in [0.1, 0.15) is 12.4 Å². The number of ether oxygens (including phenoxy) is 1. The van der Waals surface area contributed by atoms with Crippen molar-refractivity contribution >= 4 is 27.3 Å². The average Bonchev–Trinajstić information content (AvgIpc) is 3.11. The molecule has 0 radical (unpaired) electrons. The molecule has 0 aliphatic rings. The highest BCUT2D eigenvalue weighted by atomic mass is 79.9. The molecule has 0 spiro atoms. The summed E-state index contributed by atoms with van der Waals surface area (Å²) in [5.74, 6) is 1.47. The molecule has 0 saturated heterocycles. The fourth-order valence-corrected chi connectivity index (χ4v) is 2.52. The van der Waals surface area contributed by atoms with E-state index in [-0.39, 0.29) is 0 Å². The highest BCUT2D eigenvalue weighted by Gasteiger charge is 2.05. The van der Waals surface area contributed by atoms with E-state index in [0.29, 0.717) is 19.0 Å². The highest BCUT2D eigenvalue weighted by Crippen LogP contribution is 2.17. The molecule has 7 heteroatoms. The first-order chi connectivity index (χ1) is 9.81. The minimum Gasteiger partial charge on any atom is -0.492 e. The standard InChI is InChI=1S/C13H11BrN4OS/c14-11-1-3-12(4-2-11)19-7-6-18-16-13(15-17-18)10-5-8-20-9-10/h1-5,8-9H,6-7H2. The quantitative estimate of drug-likeness (QED) is 0.708. The lowest BCUT2D eigenvalue weighted by Gasteiger charge is -2.04. The molecule has 5 nitrogen and oxygen atoms in total. The van der Waals surface area contributed by atoms with Crippen LogP contribution in [-0.4, -0.2) is 26.8 Å². The second-order valence-electron chi connectivity index (χ2n) is 4.02. The summed E-state index contributed by atoms with van der Waals surface area (Å²) in [7, 11) is 0. The monoisotopic (exact) mass is 350 g/mol. The van der Waals surface area contributed by atoms with Crippen LogP contribution in [0.1, 0.15) is 0 Å².